The van der Waals surface area contributed by atoms with Crippen LogP contribution in [0.3, 0.4) is 0 Å². The van der Waals surface area contributed by atoms with Crippen molar-refractivity contribution >= 4 is 23.2 Å². The van der Waals surface area contributed by atoms with Crippen LogP contribution in [0.25, 0.3) is 0 Å². The van der Waals surface area contributed by atoms with Crippen molar-refractivity contribution in [2.45, 2.75) is 65.0 Å². The molecule has 1 atom stereocenters. The van der Waals surface area contributed by atoms with Crippen LogP contribution in [-0.2, 0) is 17.8 Å². The number of thiophene rings is 1. The van der Waals surface area contributed by atoms with E-state index in [0.717, 1.165) is 51.1 Å². The monoisotopic (exact) mass is 419 g/mol. The summed E-state index contributed by atoms with van der Waals surface area (Å²) in [6, 6.07) is 2.87. The molecular formula is C22H37N5OS. The molecule has 1 amide bonds. The number of likely N-dealkylation sites (tertiary alicyclic amines) is 1. The zero-order valence-corrected chi connectivity index (χ0v) is 18.9. The summed E-state index contributed by atoms with van der Waals surface area (Å²) in [5.41, 5.74) is 1.32. The second kappa shape index (κ2) is 11.6. The third-order valence-corrected chi connectivity index (χ3v) is 7.04. The van der Waals surface area contributed by atoms with Crippen LogP contribution >= 0.6 is 11.3 Å². The molecule has 0 aromatic carbocycles. The highest BCUT2D eigenvalue weighted by molar-refractivity contribution is 7.10. The van der Waals surface area contributed by atoms with Crippen molar-refractivity contribution in [1.82, 2.24) is 20.4 Å². The average molecular weight is 420 g/mol. The Balaban J connectivity index is 1.40. The molecule has 2 N–H and O–H groups in total. The van der Waals surface area contributed by atoms with E-state index >= 15 is 0 Å². The van der Waals surface area contributed by atoms with Crippen molar-refractivity contribution in [1.29, 1.82) is 0 Å². The largest absolute Gasteiger partial charge is 0.357 e. The number of guanidine groups is 1. The van der Waals surface area contributed by atoms with E-state index in [2.05, 4.69) is 40.8 Å². The zero-order valence-electron chi connectivity index (χ0n) is 18.1. The van der Waals surface area contributed by atoms with E-state index < -0.39 is 0 Å². The van der Waals surface area contributed by atoms with Crippen molar-refractivity contribution in [2.75, 3.05) is 39.3 Å². The molecular weight excluding hydrogens is 382 g/mol. The van der Waals surface area contributed by atoms with Gasteiger partial charge in [0.05, 0.1) is 6.54 Å². The Kier molecular flexibility index (Phi) is 8.80. The number of fused-ring (bicyclic) bond motifs is 1. The van der Waals surface area contributed by atoms with Crippen LogP contribution < -0.4 is 10.6 Å². The van der Waals surface area contributed by atoms with Gasteiger partial charge in [0.25, 0.3) is 0 Å². The van der Waals surface area contributed by atoms with Crippen LogP contribution in [0.1, 0.15) is 56.4 Å². The van der Waals surface area contributed by atoms with Crippen LogP contribution in [0.2, 0.25) is 0 Å². The number of hydrogen-bond donors (Lipinski definition) is 2. The molecule has 0 spiro atoms. The average Bonchev–Trinajstić information content (AvgIpc) is 3.22. The molecule has 1 saturated heterocycles. The number of carbonyl (C=O) groups is 1. The smallest absolute Gasteiger partial charge is 0.224 e. The Morgan fingerprint density at radius 3 is 3.00 bits per heavy atom. The van der Waals surface area contributed by atoms with E-state index in [-0.39, 0.29) is 5.91 Å². The first-order chi connectivity index (χ1) is 14.2. The van der Waals surface area contributed by atoms with E-state index in [1.54, 1.807) is 0 Å². The lowest BCUT2D eigenvalue weighted by Gasteiger charge is -2.34. The fourth-order valence-electron chi connectivity index (χ4n) is 4.36. The molecule has 1 aromatic heterocycles. The number of hydrogen-bond acceptors (Lipinski definition) is 4. The number of carbonyl (C=O) groups excluding carboxylic acids is 1. The zero-order chi connectivity index (χ0) is 20.5. The Morgan fingerprint density at radius 1 is 1.28 bits per heavy atom. The highest BCUT2D eigenvalue weighted by atomic mass is 32.1. The molecule has 3 heterocycles. The maximum absolute atomic E-state index is 12.6. The summed E-state index contributed by atoms with van der Waals surface area (Å²) in [5.74, 6) is 1.05. The molecule has 0 bridgehead atoms. The van der Waals surface area contributed by atoms with E-state index in [1.807, 2.05) is 16.2 Å². The van der Waals surface area contributed by atoms with Gasteiger partial charge in [-0.15, -0.1) is 11.3 Å². The van der Waals surface area contributed by atoms with Gasteiger partial charge in [-0.1, -0.05) is 13.3 Å². The van der Waals surface area contributed by atoms with Gasteiger partial charge in [-0.05, 0) is 56.2 Å². The predicted molar refractivity (Wildman–Crippen MR) is 122 cm³/mol. The highest BCUT2D eigenvalue weighted by Gasteiger charge is 2.21. The molecule has 162 valence electrons. The van der Waals surface area contributed by atoms with Gasteiger partial charge in [0.2, 0.25) is 5.91 Å². The molecule has 2 aliphatic heterocycles. The molecule has 0 saturated carbocycles. The number of nitrogens with zero attached hydrogens (tertiary/aromatic N) is 3. The third kappa shape index (κ3) is 6.44. The molecule has 0 radical (unpaired) electrons. The SMILES string of the molecule is CCNC(=NCCN1CCCCC1CC)NCCC(=O)N1CCc2sccc2C1. The van der Waals surface area contributed by atoms with Gasteiger partial charge in [-0.25, -0.2) is 0 Å². The van der Waals surface area contributed by atoms with Crippen LogP contribution in [0.5, 0.6) is 0 Å². The first kappa shape index (κ1) is 22.1. The van der Waals surface area contributed by atoms with Crippen LogP contribution in [-0.4, -0.2) is 67.0 Å². The number of aliphatic imine (C=N–C) groups is 1. The van der Waals surface area contributed by atoms with Crippen molar-refractivity contribution in [3.05, 3.63) is 21.9 Å². The highest BCUT2D eigenvalue weighted by Crippen LogP contribution is 2.24. The standard InChI is InChI=1S/C22H37N5OS/c1-3-19-7-5-6-13-26(19)15-12-25-22(23-4-2)24-11-8-21(28)27-14-9-20-18(17-27)10-16-29-20/h10,16,19H,3-9,11-15,17H2,1-2H3,(H2,23,24,25). The summed E-state index contributed by atoms with van der Waals surface area (Å²) < 4.78 is 0. The first-order valence-corrected chi connectivity index (χ1v) is 12.2. The normalized spacial score (nSPS) is 20.4. The van der Waals surface area contributed by atoms with Crippen molar-refractivity contribution in [2.24, 2.45) is 4.99 Å². The molecule has 1 aromatic rings. The minimum atomic E-state index is 0.226. The molecule has 6 nitrogen and oxygen atoms in total. The molecule has 7 heteroatoms. The van der Waals surface area contributed by atoms with Crippen molar-refractivity contribution in [3.8, 4) is 0 Å². The summed E-state index contributed by atoms with van der Waals surface area (Å²) in [7, 11) is 0. The van der Waals surface area contributed by atoms with Gasteiger partial charge in [-0.2, -0.15) is 0 Å². The second-order valence-corrected chi connectivity index (χ2v) is 8.97. The quantitative estimate of drug-likeness (QED) is 0.502. The number of amides is 1. The lowest BCUT2D eigenvalue weighted by molar-refractivity contribution is -0.131. The number of rotatable bonds is 8. The van der Waals surface area contributed by atoms with Crippen molar-refractivity contribution < 1.29 is 4.79 Å². The number of piperidine rings is 1. The third-order valence-electron chi connectivity index (χ3n) is 6.01. The maximum Gasteiger partial charge on any atom is 0.224 e. The summed E-state index contributed by atoms with van der Waals surface area (Å²) in [6.07, 6.45) is 6.72. The van der Waals surface area contributed by atoms with Crippen LogP contribution in [0, 0.1) is 0 Å². The van der Waals surface area contributed by atoms with Gasteiger partial charge in [0.15, 0.2) is 5.96 Å². The Labute approximate surface area is 179 Å². The van der Waals surface area contributed by atoms with Gasteiger partial charge in [0.1, 0.15) is 0 Å². The lowest BCUT2D eigenvalue weighted by atomic mass is 10.0. The van der Waals surface area contributed by atoms with E-state index in [0.29, 0.717) is 13.0 Å². The van der Waals surface area contributed by atoms with E-state index in [4.69, 9.17) is 4.99 Å². The van der Waals surface area contributed by atoms with Crippen LogP contribution in [0.4, 0.5) is 0 Å². The minimum Gasteiger partial charge on any atom is -0.357 e. The van der Waals surface area contributed by atoms with Crippen LogP contribution in [0.15, 0.2) is 16.4 Å². The summed E-state index contributed by atoms with van der Waals surface area (Å²) in [5, 5.41) is 8.78. The lowest BCUT2D eigenvalue weighted by Crippen LogP contribution is -2.42. The van der Waals surface area contributed by atoms with E-state index in [9.17, 15) is 4.79 Å². The summed E-state index contributed by atoms with van der Waals surface area (Å²) >= 11 is 1.81. The van der Waals surface area contributed by atoms with Gasteiger partial charge < -0.3 is 15.5 Å². The summed E-state index contributed by atoms with van der Waals surface area (Å²) in [4.78, 5) is 23.3. The molecule has 2 aliphatic rings. The van der Waals surface area contributed by atoms with Gasteiger partial charge >= 0.3 is 0 Å². The minimum absolute atomic E-state index is 0.226. The second-order valence-electron chi connectivity index (χ2n) is 7.97. The summed E-state index contributed by atoms with van der Waals surface area (Å²) in [6.45, 7) is 10.4. The first-order valence-electron chi connectivity index (χ1n) is 11.3. The molecule has 29 heavy (non-hydrogen) atoms. The Hall–Kier alpha value is -1.60. The molecule has 0 aliphatic carbocycles. The Morgan fingerprint density at radius 2 is 2.17 bits per heavy atom. The maximum atomic E-state index is 12.6. The van der Waals surface area contributed by atoms with E-state index in [1.165, 1.54) is 42.7 Å². The van der Waals surface area contributed by atoms with Gasteiger partial charge in [0, 0.05) is 50.1 Å². The Bertz CT molecular complexity index is 674. The number of nitrogens with one attached hydrogen (secondary N) is 2. The molecule has 3 rings (SSSR count). The topological polar surface area (TPSA) is 60.0 Å². The fourth-order valence-corrected chi connectivity index (χ4v) is 5.25. The fraction of sp³-hybridized carbons (Fsp3) is 0.727. The molecule has 1 fully saturated rings. The molecule has 1 unspecified atom stereocenters. The predicted octanol–water partition coefficient (Wildman–Crippen LogP) is 2.84. The van der Waals surface area contributed by atoms with Gasteiger partial charge in [-0.3, -0.25) is 14.7 Å². The van der Waals surface area contributed by atoms with Crippen molar-refractivity contribution in [3.63, 3.8) is 0 Å².